The molecule has 0 bridgehead atoms. The first kappa shape index (κ1) is 18.3. The van der Waals surface area contributed by atoms with Crippen molar-refractivity contribution in [1.29, 1.82) is 0 Å². The molecule has 5 aromatic rings. The Morgan fingerprint density at radius 2 is 1.33 bits per heavy atom. The predicted octanol–water partition coefficient (Wildman–Crippen LogP) is 2.66. The van der Waals surface area contributed by atoms with Gasteiger partial charge < -0.3 is 4.74 Å². The van der Waals surface area contributed by atoms with E-state index in [4.69, 9.17) is 4.74 Å². The molecule has 0 aliphatic carbocycles. The lowest BCUT2D eigenvalue weighted by Gasteiger charge is -2.02. The van der Waals surface area contributed by atoms with Crippen LogP contribution in [0, 0.1) is 6.92 Å². The van der Waals surface area contributed by atoms with Crippen LogP contribution in [-0.4, -0.2) is 6.47 Å². The number of aryl methyl sites for hydroxylation is 1. The SMILES string of the molecule is Cc1ccc2c(=O)c3sc4c(=O)c5cc(COC=O)ccc5c(=O)c4c3c(=O)c2c1. The van der Waals surface area contributed by atoms with Crippen molar-refractivity contribution < 1.29 is 9.53 Å². The summed E-state index contributed by atoms with van der Waals surface area (Å²) in [5.41, 5.74) is -0.280. The zero-order chi connectivity index (χ0) is 21.2. The van der Waals surface area contributed by atoms with E-state index in [0.29, 0.717) is 12.0 Å². The number of benzene rings is 4. The van der Waals surface area contributed by atoms with Gasteiger partial charge in [-0.15, -0.1) is 11.3 Å². The average Bonchev–Trinajstić information content (AvgIpc) is 3.16. The van der Waals surface area contributed by atoms with Gasteiger partial charge in [0, 0.05) is 21.5 Å². The van der Waals surface area contributed by atoms with Crippen molar-refractivity contribution in [3.63, 3.8) is 0 Å². The van der Waals surface area contributed by atoms with Gasteiger partial charge in [-0.25, -0.2) is 0 Å². The molecule has 1 heterocycles. The summed E-state index contributed by atoms with van der Waals surface area (Å²) < 4.78 is 4.94. The largest absolute Gasteiger partial charge is 0.463 e. The van der Waals surface area contributed by atoms with Gasteiger partial charge in [0.05, 0.1) is 20.2 Å². The summed E-state index contributed by atoms with van der Waals surface area (Å²) in [4.78, 5) is 63.1. The number of carbonyl (C=O) groups is 1. The van der Waals surface area contributed by atoms with Gasteiger partial charge in [0.25, 0.3) is 6.47 Å². The molecule has 0 atom stereocenters. The molecule has 0 aliphatic rings. The summed E-state index contributed by atoms with van der Waals surface area (Å²) >= 11 is 0.888. The Morgan fingerprint density at radius 1 is 0.767 bits per heavy atom. The molecular weight excluding hydrogens is 404 g/mol. The maximum absolute atomic E-state index is 13.2. The lowest BCUT2D eigenvalue weighted by Crippen LogP contribution is -2.15. The molecule has 0 aliphatic heterocycles. The number of fused-ring (bicyclic) bond motifs is 5. The van der Waals surface area contributed by atoms with Gasteiger partial charge >= 0.3 is 0 Å². The fourth-order valence-electron chi connectivity index (χ4n) is 3.94. The van der Waals surface area contributed by atoms with Crippen molar-refractivity contribution in [3.05, 3.63) is 88.4 Å². The number of thiophene rings is 1. The van der Waals surface area contributed by atoms with Crippen LogP contribution in [0.15, 0.2) is 55.6 Å². The maximum atomic E-state index is 13.2. The first-order valence-corrected chi connectivity index (χ1v) is 9.88. The van der Waals surface area contributed by atoms with E-state index in [2.05, 4.69) is 0 Å². The van der Waals surface area contributed by atoms with E-state index in [1.807, 2.05) is 6.92 Å². The van der Waals surface area contributed by atoms with Crippen molar-refractivity contribution in [1.82, 2.24) is 0 Å². The molecule has 30 heavy (non-hydrogen) atoms. The van der Waals surface area contributed by atoms with Crippen LogP contribution in [0.4, 0.5) is 0 Å². The Morgan fingerprint density at radius 3 is 2.03 bits per heavy atom. The van der Waals surface area contributed by atoms with Gasteiger partial charge in [-0.3, -0.25) is 24.0 Å². The third kappa shape index (κ3) is 2.39. The highest BCUT2D eigenvalue weighted by atomic mass is 32.1. The highest BCUT2D eigenvalue weighted by Gasteiger charge is 2.22. The molecule has 7 heteroatoms. The van der Waals surface area contributed by atoms with Crippen LogP contribution in [0.25, 0.3) is 41.7 Å². The molecule has 0 spiro atoms. The average molecular weight is 416 g/mol. The van der Waals surface area contributed by atoms with Crippen molar-refractivity contribution >= 4 is 59.5 Å². The maximum Gasteiger partial charge on any atom is 0.293 e. The normalized spacial score (nSPS) is 11.6. The molecule has 146 valence electrons. The summed E-state index contributed by atoms with van der Waals surface area (Å²) in [5.74, 6) is 0. The fraction of sp³-hybridized carbons (Fsp3) is 0.0870. The summed E-state index contributed by atoms with van der Waals surface area (Å²) in [7, 11) is 0. The standard InChI is InChI=1S/C23H12O6S/c1-10-2-4-13-14(6-10)19(26)17-16-18(25)12-5-3-11(8-29-9-24)7-15(12)21(28)23(16)30-22(17)20(13)27/h2-7,9H,8H2,1H3. The summed E-state index contributed by atoms with van der Waals surface area (Å²) in [6, 6.07) is 9.55. The number of ether oxygens (including phenoxy) is 1. The highest BCUT2D eigenvalue weighted by molar-refractivity contribution is 7.25. The Kier molecular flexibility index (Phi) is 3.91. The zero-order valence-electron chi connectivity index (χ0n) is 15.6. The van der Waals surface area contributed by atoms with E-state index >= 15 is 0 Å². The second-order valence-electron chi connectivity index (χ2n) is 7.16. The molecule has 5 rings (SSSR count). The third-order valence-electron chi connectivity index (χ3n) is 5.33. The van der Waals surface area contributed by atoms with Crippen LogP contribution in [-0.2, 0) is 16.1 Å². The van der Waals surface area contributed by atoms with Gasteiger partial charge in [-0.1, -0.05) is 17.7 Å². The molecule has 1 aromatic heterocycles. The van der Waals surface area contributed by atoms with E-state index in [9.17, 15) is 24.0 Å². The van der Waals surface area contributed by atoms with E-state index < -0.39 is 16.3 Å². The molecule has 0 saturated heterocycles. The summed E-state index contributed by atoms with van der Waals surface area (Å²) in [6.45, 7) is 2.08. The molecule has 0 amide bonds. The Balaban J connectivity index is 2.02. The van der Waals surface area contributed by atoms with Gasteiger partial charge in [-0.2, -0.15) is 0 Å². The van der Waals surface area contributed by atoms with Gasteiger partial charge in [0.15, 0.2) is 10.9 Å². The Labute approximate surface area is 171 Å². The fourth-order valence-corrected chi connectivity index (χ4v) is 5.14. The first-order chi connectivity index (χ1) is 14.4. The lowest BCUT2D eigenvalue weighted by atomic mass is 10.00. The van der Waals surface area contributed by atoms with Gasteiger partial charge in [0.1, 0.15) is 6.61 Å². The molecule has 0 radical (unpaired) electrons. The van der Waals surface area contributed by atoms with Crippen LogP contribution in [0.1, 0.15) is 11.1 Å². The van der Waals surface area contributed by atoms with Crippen molar-refractivity contribution in [3.8, 4) is 0 Å². The van der Waals surface area contributed by atoms with Crippen LogP contribution in [0.2, 0.25) is 0 Å². The van der Waals surface area contributed by atoms with E-state index in [0.717, 1.165) is 16.9 Å². The zero-order valence-corrected chi connectivity index (χ0v) is 16.4. The summed E-state index contributed by atoms with van der Waals surface area (Å²) in [6.07, 6.45) is 0. The molecule has 6 nitrogen and oxygen atoms in total. The second-order valence-corrected chi connectivity index (χ2v) is 8.18. The highest BCUT2D eigenvalue weighted by Crippen LogP contribution is 2.29. The van der Waals surface area contributed by atoms with Crippen LogP contribution in [0.3, 0.4) is 0 Å². The minimum absolute atomic E-state index is 0.00916. The first-order valence-electron chi connectivity index (χ1n) is 9.06. The Hall–Kier alpha value is -3.71. The number of carbonyl (C=O) groups excluding carboxylic acids is 1. The Bertz CT molecular complexity index is 1750. The third-order valence-corrected chi connectivity index (χ3v) is 6.52. The van der Waals surface area contributed by atoms with E-state index in [-0.39, 0.29) is 53.8 Å². The van der Waals surface area contributed by atoms with Crippen molar-refractivity contribution in [2.45, 2.75) is 13.5 Å². The van der Waals surface area contributed by atoms with E-state index in [1.54, 1.807) is 24.3 Å². The van der Waals surface area contributed by atoms with Gasteiger partial charge in [0.2, 0.25) is 10.9 Å². The number of rotatable bonds is 3. The smallest absolute Gasteiger partial charge is 0.293 e. The van der Waals surface area contributed by atoms with Gasteiger partial charge in [-0.05, 0) is 36.8 Å². The number of hydrogen-bond donors (Lipinski definition) is 0. The molecule has 0 N–H and O–H groups in total. The molecule has 0 unspecified atom stereocenters. The van der Waals surface area contributed by atoms with Crippen LogP contribution < -0.4 is 21.7 Å². The van der Waals surface area contributed by atoms with Crippen LogP contribution in [0.5, 0.6) is 0 Å². The van der Waals surface area contributed by atoms with Crippen molar-refractivity contribution in [2.75, 3.05) is 0 Å². The molecular formula is C23H12O6S. The van der Waals surface area contributed by atoms with Crippen LogP contribution >= 0.6 is 11.3 Å². The summed E-state index contributed by atoms with van der Waals surface area (Å²) in [5, 5.41) is 0.901. The second kappa shape index (κ2) is 6.40. The molecule has 4 aromatic carbocycles. The predicted molar refractivity (Wildman–Crippen MR) is 117 cm³/mol. The van der Waals surface area contributed by atoms with E-state index in [1.165, 1.54) is 12.1 Å². The lowest BCUT2D eigenvalue weighted by molar-refractivity contribution is -0.129. The number of hydrogen-bond acceptors (Lipinski definition) is 7. The quantitative estimate of drug-likeness (QED) is 0.420. The monoisotopic (exact) mass is 416 g/mol. The molecule has 0 saturated carbocycles. The minimum atomic E-state index is -0.461. The topological polar surface area (TPSA) is 94.6 Å². The minimum Gasteiger partial charge on any atom is -0.463 e. The van der Waals surface area contributed by atoms with Crippen molar-refractivity contribution in [2.24, 2.45) is 0 Å². The molecule has 0 fully saturated rings.